The highest BCUT2D eigenvalue weighted by Crippen LogP contribution is 2.34. The monoisotopic (exact) mass is 341 g/mol. The fourth-order valence-electron chi connectivity index (χ4n) is 2.39. The van der Waals surface area contributed by atoms with Crippen LogP contribution in [0.5, 0.6) is 11.5 Å². The van der Waals surface area contributed by atoms with Gasteiger partial charge in [-0.2, -0.15) is 0 Å². The van der Waals surface area contributed by atoms with Crippen LogP contribution in [-0.2, 0) is 0 Å². The van der Waals surface area contributed by atoms with E-state index in [2.05, 4.69) is 9.97 Å². The molecule has 1 aromatic heterocycles. The zero-order chi connectivity index (χ0) is 17.1. The second kappa shape index (κ2) is 6.76. The fourth-order valence-corrected chi connectivity index (χ4v) is 2.51. The number of nitrogens with zero attached hydrogens (tertiary/aromatic N) is 2. The van der Waals surface area contributed by atoms with Crippen LogP contribution in [0.3, 0.4) is 0 Å². The highest BCUT2D eigenvalue weighted by Gasteiger charge is 2.12. The van der Waals surface area contributed by atoms with Gasteiger partial charge in [-0.15, -0.1) is 0 Å². The first-order valence-corrected chi connectivity index (χ1v) is 7.61. The van der Waals surface area contributed by atoms with Crippen molar-refractivity contribution in [3.8, 4) is 34.0 Å². The number of methoxy groups -OCH3 is 2. The average Bonchev–Trinajstić information content (AvgIpc) is 2.61. The standard InChI is InChI=1S/C18H16ClN3O2/c1-23-13-7-8-17(24-2)14(9-13)16-10-15(21-18(20)22-16)11-3-5-12(19)6-4-11/h3-10H,1-2H3,(H2,20,21,22). The minimum Gasteiger partial charge on any atom is -0.497 e. The number of halogens is 1. The first-order chi connectivity index (χ1) is 11.6. The molecule has 0 aliphatic rings. The SMILES string of the molecule is COc1ccc(OC)c(-c2cc(-c3ccc(Cl)cc3)nc(N)n2)c1. The molecule has 5 nitrogen and oxygen atoms in total. The van der Waals surface area contributed by atoms with Crippen molar-refractivity contribution >= 4 is 17.5 Å². The van der Waals surface area contributed by atoms with E-state index in [4.69, 9.17) is 26.8 Å². The van der Waals surface area contributed by atoms with Crippen molar-refractivity contribution in [3.63, 3.8) is 0 Å². The lowest BCUT2D eigenvalue weighted by Crippen LogP contribution is -2.00. The lowest BCUT2D eigenvalue weighted by Gasteiger charge is -2.11. The molecule has 0 spiro atoms. The summed E-state index contributed by atoms with van der Waals surface area (Å²) in [6.07, 6.45) is 0. The third kappa shape index (κ3) is 3.26. The molecule has 6 heteroatoms. The Morgan fingerprint density at radius 2 is 1.58 bits per heavy atom. The third-order valence-corrected chi connectivity index (χ3v) is 3.82. The van der Waals surface area contributed by atoms with E-state index < -0.39 is 0 Å². The van der Waals surface area contributed by atoms with E-state index >= 15 is 0 Å². The van der Waals surface area contributed by atoms with Crippen LogP contribution in [0, 0.1) is 0 Å². The fraction of sp³-hybridized carbons (Fsp3) is 0.111. The van der Waals surface area contributed by atoms with Gasteiger partial charge in [0.1, 0.15) is 11.5 Å². The van der Waals surface area contributed by atoms with Crippen LogP contribution in [0.2, 0.25) is 5.02 Å². The molecule has 0 amide bonds. The van der Waals surface area contributed by atoms with E-state index in [1.807, 2.05) is 36.4 Å². The van der Waals surface area contributed by atoms with Gasteiger partial charge in [0.15, 0.2) is 0 Å². The Bertz CT molecular complexity index is 867. The van der Waals surface area contributed by atoms with Gasteiger partial charge in [-0.1, -0.05) is 23.7 Å². The maximum atomic E-state index is 5.94. The molecule has 0 radical (unpaired) electrons. The second-order valence-electron chi connectivity index (χ2n) is 5.07. The molecule has 0 atom stereocenters. The lowest BCUT2D eigenvalue weighted by atomic mass is 10.1. The van der Waals surface area contributed by atoms with Crippen molar-refractivity contribution in [2.75, 3.05) is 20.0 Å². The molecule has 122 valence electrons. The molecule has 0 bridgehead atoms. The summed E-state index contributed by atoms with van der Waals surface area (Å²) in [6, 6.07) is 14.7. The molecule has 3 aromatic rings. The van der Waals surface area contributed by atoms with E-state index in [1.165, 1.54) is 0 Å². The third-order valence-electron chi connectivity index (χ3n) is 3.57. The van der Waals surface area contributed by atoms with E-state index in [-0.39, 0.29) is 5.95 Å². The van der Waals surface area contributed by atoms with Crippen LogP contribution in [0.25, 0.3) is 22.5 Å². The van der Waals surface area contributed by atoms with E-state index in [1.54, 1.807) is 26.4 Å². The Labute approximate surface area is 145 Å². The number of ether oxygens (including phenoxy) is 2. The minimum atomic E-state index is 0.183. The first kappa shape index (κ1) is 16.1. The van der Waals surface area contributed by atoms with Crippen molar-refractivity contribution in [1.29, 1.82) is 0 Å². The molecule has 2 aromatic carbocycles. The summed E-state index contributed by atoms with van der Waals surface area (Å²) >= 11 is 5.94. The molecule has 0 fully saturated rings. The van der Waals surface area contributed by atoms with Gasteiger partial charge < -0.3 is 15.2 Å². The van der Waals surface area contributed by atoms with Gasteiger partial charge in [-0.25, -0.2) is 9.97 Å². The Morgan fingerprint density at radius 3 is 2.25 bits per heavy atom. The van der Waals surface area contributed by atoms with E-state index in [0.717, 1.165) is 11.1 Å². The number of nitrogens with two attached hydrogens (primary N) is 1. The van der Waals surface area contributed by atoms with Crippen molar-refractivity contribution in [2.45, 2.75) is 0 Å². The van der Waals surface area contributed by atoms with Crippen LogP contribution in [0.4, 0.5) is 5.95 Å². The smallest absolute Gasteiger partial charge is 0.221 e. The second-order valence-corrected chi connectivity index (χ2v) is 5.51. The molecule has 0 unspecified atom stereocenters. The Hall–Kier alpha value is -2.79. The molecule has 2 N–H and O–H groups in total. The number of anilines is 1. The molecular formula is C18H16ClN3O2. The topological polar surface area (TPSA) is 70.3 Å². The van der Waals surface area contributed by atoms with Crippen LogP contribution in [0.15, 0.2) is 48.5 Å². The molecule has 3 rings (SSSR count). The first-order valence-electron chi connectivity index (χ1n) is 7.23. The van der Waals surface area contributed by atoms with Crippen LogP contribution < -0.4 is 15.2 Å². The zero-order valence-electron chi connectivity index (χ0n) is 13.3. The van der Waals surface area contributed by atoms with Gasteiger partial charge in [0.2, 0.25) is 5.95 Å². The molecule has 0 saturated heterocycles. The number of aromatic nitrogens is 2. The summed E-state index contributed by atoms with van der Waals surface area (Å²) in [5.74, 6) is 1.56. The molecular weight excluding hydrogens is 326 g/mol. The van der Waals surface area contributed by atoms with Crippen LogP contribution >= 0.6 is 11.6 Å². The number of nitrogen functional groups attached to an aromatic ring is 1. The molecule has 0 saturated carbocycles. The van der Waals surface area contributed by atoms with Crippen molar-refractivity contribution in [1.82, 2.24) is 9.97 Å². The quantitative estimate of drug-likeness (QED) is 0.774. The molecule has 0 aliphatic carbocycles. The van der Waals surface area contributed by atoms with Gasteiger partial charge >= 0.3 is 0 Å². The summed E-state index contributed by atoms with van der Waals surface area (Å²) in [6.45, 7) is 0. The van der Waals surface area contributed by atoms with Crippen molar-refractivity contribution in [3.05, 3.63) is 53.6 Å². The van der Waals surface area contributed by atoms with Crippen LogP contribution in [0.1, 0.15) is 0 Å². The molecule has 24 heavy (non-hydrogen) atoms. The Morgan fingerprint density at radius 1 is 0.875 bits per heavy atom. The number of rotatable bonds is 4. The van der Waals surface area contributed by atoms with Crippen molar-refractivity contribution < 1.29 is 9.47 Å². The number of benzene rings is 2. The van der Waals surface area contributed by atoms with Gasteiger partial charge in [0.25, 0.3) is 0 Å². The number of hydrogen-bond acceptors (Lipinski definition) is 5. The van der Waals surface area contributed by atoms with E-state index in [9.17, 15) is 0 Å². The van der Waals surface area contributed by atoms with Crippen molar-refractivity contribution in [2.24, 2.45) is 0 Å². The number of hydrogen-bond donors (Lipinski definition) is 1. The normalized spacial score (nSPS) is 10.5. The van der Waals surface area contributed by atoms with Gasteiger partial charge in [-0.05, 0) is 36.4 Å². The highest BCUT2D eigenvalue weighted by atomic mass is 35.5. The lowest BCUT2D eigenvalue weighted by molar-refractivity contribution is 0.404. The zero-order valence-corrected chi connectivity index (χ0v) is 14.0. The Kier molecular flexibility index (Phi) is 4.53. The predicted octanol–water partition coefficient (Wildman–Crippen LogP) is 4.06. The summed E-state index contributed by atoms with van der Waals surface area (Å²) < 4.78 is 10.7. The Balaban J connectivity index is 2.14. The highest BCUT2D eigenvalue weighted by molar-refractivity contribution is 6.30. The largest absolute Gasteiger partial charge is 0.497 e. The maximum absolute atomic E-state index is 5.94. The van der Waals surface area contributed by atoms with E-state index in [0.29, 0.717) is 27.9 Å². The molecule has 1 heterocycles. The minimum absolute atomic E-state index is 0.183. The van der Waals surface area contributed by atoms with Crippen LogP contribution in [-0.4, -0.2) is 24.2 Å². The molecule has 0 aliphatic heterocycles. The summed E-state index contributed by atoms with van der Waals surface area (Å²) in [5.41, 5.74) is 8.95. The maximum Gasteiger partial charge on any atom is 0.221 e. The summed E-state index contributed by atoms with van der Waals surface area (Å²) in [4.78, 5) is 8.65. The summed E-state index contributed by atoms with van der Waals surface area (Å²) in [7, 11) is 3.22. The average molecular weight is 342 g/mol. The summed E-state index contributed by atoms with van der Waals surface area (Å²) in [5, 5.41) is 0.662. The van der Waals surface area contributed by atoms with Gasteiger partial charge in [0.05, 0.1) is 25.6 Å². The van der Waals surface area contributed by atoms with Gasteiger partial charge in [0, 0.05) is 16.1 Å². The predicted molar refractivity (Wildman–Crippen MR) is 95.4 cm³/mol. The van der Waals surface area contributed by atoms with Gasteiger partial charge in [-0.3, -0.25) is 0 Å².